The topological polar surface area (TPSA) is 73.8 Å². The van der Waals surface area contributed by atoms with Crippen molar-refractivity contribution in [1.29, 1.82) is 0 Å². The van der Waals surface area contributed by atoms with Gasteiger partial charge in [-0.15, -0.1) is 0 Å². The van der Waals surface area contributed by atoms with Gasteiger partial charge in [0.05, 0.1) is 46.2 Å². The summed E-state index contributed by atoms with van der Waals surface area (Å²) in [5.74, 6) is 0. The second-order valence-corrected chi connectivity index (χ2v) is 13.4. The van der Waals surface area contributed by atoms with Gasteiger partial charge in [-0.2, -0.15) is 0 Å². The van der Waals surface area contributed by atoms with Crippen molar-refractivity contribution in [2.75, 3.05) is 13.2 Å². The molecular formula is C45H47FO8. The molecule has 0 saturated carbocycles. The average molecular weight is 735 g/mol. The average Bonchev–Trinajstić information content (AvgIpc) is 3.23. The lowest BCUT2D eigenvalue weighted by atomic mass is 10.0. The first-order valence-corrected chi connectivity index (χ1v) is 18.5. The Hall–Kier alpha value is -4.29. The second-order valence-electron chi connectivity index (χ2n) is 13.4. The van der Waals surface area contributed by atoms with Crippen LogP contribution in [0.15, 0.2) is 152 Å². The fourth-order valence-corrected chi connectivity index (χ4v) is 6.61. The number of alkyl halides is 1. The first-order chi connectivity index (χ1) is 26.7. The van der Waals surface area contributed by atoms with E-state index in [2.05, 4.69) is 0 Å². The zero-order chi connectivity index (χ0) is 36.8. The summed E-state index contributed by atoms with van der Waals surface area (Å²) >= 11 is 0. The Kier molecular flexibility index (Phi) is 14.0. The molecule has 0 amide bonds. The van der Waals surface area contributed by atoms with Crippen LogP contribution < -0.4 is 0 Å². The Labute approximate surface area is 316 Å². The third-order valence-corrected chi connectivity index (χ3v) is 9.51. The minimum absolute atomic E-state index is 0.0388. The van der Waals surface area contributed by atoms with Crippen molar-refractivity contribution in [1.82, 2.24) is 0 Å². The fraction of sp³-hybridized carbons (Fsp3) is 0.333. The van der Waals surface area contributed by atoms with Gasteiger partial charge >= 0.3 is 0 Å². The standard InChI is InChI=1S/C45H47FO8/c46-44-42(50-29-36-22-12-4-13-23-36)41(39(31-52-44)48-27-34-18-8-2-9-19-34)54-45-43(51-30-37-24-14-5-15-25-37)40(49-28-35-20-10-3-11-21-35)38(32-53-45)47-26-33-16-6-1-7-17-33/h1-25,38-45H,26-32H2/t38-,39-,40+,41+,42-,43-,44+,45-/m1/s1. The first kappa shape index (κ1) is 38.0. The molecule has 2 aliphatic rings. The van der Waals surface area contributed by atoms with E-state index in [9.17, 15) is 0 Å². The molecule has 2 saturated heterocycles. The summed E-state index contributed by atoms with van der Waals surface area (Å²) in [6.07, 6.45) is -7.42. The molecule has 2 aliphatic heterocycles. The van der Waals surface area contributed by atoms with Gasteiger partial charge in [0.25, 0.3) is 0 Å². The van der Waals surface area contributed by atoms with E-state index >= 15 is 4.39 Å². The van der Waals surface area contributed by atoms with Gasteiger partial charge < -0.3 is 37.9 Å². The molecular weight excluding hydrogens is 687 g/mol. The number of benzene rings is 5. The second kappa shape index (κ2) is 19.9. The van der Waals surface area contributed by atoms with Crippen LogP contribution in [0.1, 0.15) is 27.8 Å². The van der Waals surface area contributed by atoms with Crippen molar-refractivity contribution in [3.05, 3.63) is 179 Å². The molecule has 282 valence electrons. The van der Waals surface area contributed by atoms with Crippen LogP contribution in [0.4, 0.5) is 4.39 Å². The molecule has 0 aliphatic carbocycles. The van der Waals surface area contributed by atoms with Crippen LogP contribution in [0.25, 0.3) is 0 Å². The molecule has 0 N–H and O–H groups in total. The predicted molar refractivity (Wildman–Crippen MR) is 201 cm³/mol. The zero-order valence-corrected chi connectivity index (χ0v) is 30.1. The minimum Gasteiger partial charge on any atom is -0.368 e. The number of halogens is 1. The largest absolute Gasteiger partial charge is 0.368 e. The number of rotatable bonds is 17. The monoisotopic (exact) mass is 734 g/mol. The Morgan fingerprint density at radius 3 is 1.15 bits per heavy atom. The van der Waals surface area contributed by atoms with Crippen LogP contribution in [0.2, 0.25) is 0 Å². The third-order valence-electron chi connectivity index (χ3n) is 9.51. The van der Waals surface area contributed by atoms with Crippen LogP contribution in [-0.2, 0) is 70.9 Å². The summed E-state index contributed by atoms with van der Waals surface area (Å²) in [6.45, 7) is 1.45. The van der Waals surface area contributed by atoms with Gasteiger partial charge in [-0.3, -0.25) is 0 Å². The minimum atomic E-state index is -1.77. The molecule has 5 aromatic rings. The first-order valence-electron chi connectivity index (χ1n) is 18.5. The highest BCUT2D eigenvalue weighted by Crippen LogP contribution is 2.33. The third kappa shape index (κ3) is 10.7. The van der Waals surface area contributed by atoms with E-state index < -0.39 is 49.3 Å². The van der Waals surface area contributed by atoms with Crippen LogP contribution in [0, 0.1) is 0 Å². The van der Waals surface area contributed by atoms with Crippen LogP contribution >= 0.6 is 0 Å². The Balaban J connectivity index is 1.17. The molecule has 0 radical (unpaired) electrons. The highest BCUT2D eigenvalue weighted by molar-refractivity contribution is 5.17. The summed E-state index contributed by atoms with van der Waals surface area (Å²) in [6, 6.07) is 49.2. The van der Waals surface area contributed by atoms with Crippen molar-refractivity contribution < 1.29 is 42.3 Å². The Bertz CT molecular complexity index is 1770. The summed E-state index contributed by atoms with van der Waals surface area (Å²) < 4.78 is 67.4. The molecule has 8 atom stereocenters. The molecule has 7 rings (SSSR count). The Morgan fingerprint density at radius 2 is 0.722 bits per heavy atom. The molecule has 0 bridgehead atoms. The van der Waals surface area contributed by atoms with Gasteiger partial charge in [-0.05, 0) is 27.8 Å². The van der Waals surface area contributed by atoms with Crippen molar-refractivity contribution in [2.45, 2.75) is 82.3 Å². The lowest BCUT2D eigenvalue weighted by Gasteiger charge is -2.46. The number of ether oxygens (including phenoxy) is 8. The summed E-state index contributed by atoms with van der Waals surface area (Å²) in [4.78, 5) is 0. The van der Waals surface area contributed by atoms with Gasteiger partial charge in [0.2, 0.25) is 6.36 Å². The molecule has 0 unspecified atom stereocenters. The summed E-state index contributed by atoms with van der Waals surface area (Å²) in [7, 11) is 0. The quantitative estimate of drug-likeness (QED) is 0.0953. The summed E-state index contributed by atoms with van der Waals surface area (Å²) in [5.41, 5.74) is 4.84. The number of hydrogen-bond acceptors (Lipinski definition) is 8. The van der Waals surface area contributed by atoms with Crippen LogP contribution in [0.3, 0.4) is 0 Å². The molecule has 2 fully saturated rings. The molecule has 54 heavy (non-hydrogen) atoms. The summed E-state index contributed by atoms with van der Waals surface area (Å²) in [5, 5.41) is 0. The van der Waals surface area contributed by atoms with Gasteiger partial charge in [0.15, 0.2) is 6.29 Å². The molecule has 5 aromatic carbocycles. The molecule has 8 nitrogen and oxygen atoms in total. The van der Waals surface area contributed by atoms with E-state index in [1.807, 2.05) is 152 Å². The van der Waals surface area contributed by atoms with Gasteiger partial charge in [0, 0.05) is 0 Å². The van der Waals surface area contributed by atoms with Crippen LogP contribution in [-0.4, -0.2) is 62.5 Å². The lowest BCUT2D eigenvalue weighted by Crippen LogP contribution is -2.61. The SMILES string of the molecule is F[C@H]1OC[C@@H](OCc2ccccc2)[C@H](O[C@H]2OC[C@@H](OCc3ccccc3)[C@H](OCc3ccccc3)[C@H]2OCc2ccccc2)[C@H]1OCc1ccccc1. The van der Waals surface area contributed by atoms with E-state index in [1.165, 1.54) is 0 Å². The van der Waals surface area contributed by atoms with Gasteiger partial charge in [-0.1, -0.05) is 152 Å². The van der Waals surface area contributed by atoms with E-state index in [-0.39, 0.29) is 33.0 Å². The van der Waals surface area contributed by atoms with E-state index in [1.54, 1.807) is 0 Å². The molecule has 0 aromatic heterocycles. The molecule has 9 heteroatoms. The van der Waals surface area contributed by atoms with Crippen molar-refractivity contribution in [3.8, 4) is 0 Å². The lowest BCUT2D eigenvalue weighted by molar-refractivity contribution is -0.344. The predicted octanol–water partition coefficient (Wildman–Crippen LogP) is 7.98. The molecule has 2 heterocycles. The van der Waals surface area contributed by atoms with Gasteiger partial charge in [-0.25, -0.2) is 4.39 Å². The van der Waals surface area contributed by atoms with Crippen molar-refractivity contribution in [2.24, 2.45) is 0 Å². The number of hydrogen-bond donors (Lipinski definition) is 0. The highest BCUT2D eigenvalue weighted by Gasteiger charge is 2.50. The maximum Gasteiger partial charge on any atom is 0.228 e. The Morgan fingerprint density at radius 1 is 0.389 bits per heavy atom. The van der Waals surface area contributed by atoms with Crippen molar-refractivity contribution in [3.63, 3.8) is 0 Å². The van der Waals surface area contributed by atoms with E-state index in [0.29, 0.717) is 13.2 Å². The highest BCUT2D eigenvalue weighted by atomic mass is 19.1. The van der Waals surface area contributed by atoms with Gasteiger partial charge in [0.1, 0.15) is 36.6 Å². The normalized spacial score (nSPS) is 25.6. The van der Waals surface area contributed by atoms with E-state index in [0.717, 1.165) is 27.8 Å². The maximum absolute atomic E-state index is 15.9. The fourth-order valence-electron chi connectivity index (χ4n) is 6.61. The zero-order valence-electron chi connectivity index (χ0n) is 30.1. The van der Waals surface area contributed by atoms with Crippen LogP contribution in [0.5, 0.6) is 0 Å². The molecule has 0 spiro atoms. The van der Waals surface area contributed by atoms with Crippen molar-refractivity contribution >= 4 is 0 Å². The maximum atomic E-state index is 15.9. The smallest absolute Gasteiger partial charge is 0.228 e. The van der Waals surface area contributed by atoms with E-state index in [4.69, 9.17) is 37.9 Å².